The van der Waals surface area contributed by atoms with Crippen molar-refractivity contribution < 1.29 is 9.90 Å². The lowest BCUT2D eigenvalue weighted by atomic mass is 9.79. The van der Waals surface area contributed by atoms with Gasteiger partial charge in [-0.25, -0.2) is 9.78 Å². The van der Waals surface area contributed by atoms with E-state index in [2.05, 4.69) is 34.6 Å². The summed E-state index contributed by atoms with van der Waals surface area (Å²) in [6.07, 6.45) is 4.13. The first kappa shape index (κ1) is 18.2. The number of hydrogen-bond acceptors (Lipinski definition) is 4. The standard InChI is InChI=1S/C17H27N5O2/c1-5-17(6-2,7-8-23)11-19-16(24)20-13-9-14-12(3)21-22(4)15(14)18-10-13/h9-10,23H,5-8,11H2,1-4H3,(H2,19,20,24). The van der Waals surface area contributed by atoms with E-state index >= 15 is 0 Å². The molecule has 24 heavy (non-hydrogen) atoms. The van der Waals surface area contributed by atoms with Crippen LogP contribution in [0.15, 0.2) is 12.3 Å². The minimum atomic E-state index is -0.262. The van der Waals surface area contributed by atoms with Crippen molar-refractivity contribution in [1.29, 1.82) is 0 Å². The molecule has 0 saturated carbocycles. The van der Waals surface area contributed by atoms with Gasteiger partial charge in [0.2, 0.25) is 0 Å². The maximum absolute atomic E-state index is 12.2. The summed E-state index contributed by atoms with van der Waals surface area (Å²) in [7, 11) is 1.85. The molecule has 2 aromatic heterocycles. The van der Waals surface area contributed by atoms with Crippen LogP contribution in [-0.2, 0) is 7.05 Å². The average Bonchev–Trinajstić information content (AvgIpc) is 2.86. The van der Waals surface area contributed by atoms with Gasteiger partial charge in [0, 0.05) is 25.6 Å². The topological polar surface area (TPSA) is 92.1 Å². The number of hydrogen-bond donors (Lipinski definition) is 3. The van der Waals surface area contributed by atoms with Gasteiger partial charge in [0.15, 0.2) is 5.65 Å². The maximum atomic E-state index is 12.2. The summed E-state index contributed by atoms with van der Waals surface area (Å²) in [5, 5.41) is 20.2. The number of rotatable bonds is 7. The van der Waals surface area contributed by atoms with Crippen LogP contribution in [0.2, 0.25) is 0 Å². The second kappa shape index (κ2) is 7.61. The SMILES string of the molecule is CCC(CC)(CCO)CNC(=O)Nc1cnc2c(c1)c(C)nn2C. The molecule has 2 aromatic rings. The van der Waals surface area contributed by atoms with Crippen LogP contribution in [0.4, 0.5) is 10.5 Å². The zero-order chi connectivity index (χ0) is 17.7. The number of nitrogens with one attached hydrogen (secondary N) is 2. The first-order chi connectivity index (χ1) is 11.4. The zero-order valence-electron chi connectivity index (χ0n) is 14.9. The van der Waals surface area contributed by atoms with Crippen molar-refractivity contribution in [2.24, 2.45) is 12.5 Å². The number of urea groups is 1. The Balaban J connectivity index is 2.03. The molecule has 2 rings (SSSR count). The molecule has 0 aliphatic rings. The van der Waals surface area contributed by atoms with Crippen LogP contribution in [-0.4, -0.2) is 39.1 Å². The highest BCUT2D eigenvalue weighted by molar-refractivity contribution is 5.92. The fourth-order valence-electron chi connectivity index (χ4n) is 3.00. The Hall–Kier alpha value is -2.15. The third kappa shape index (κ3) is 3.84. The first-order valence-corrected chi connectivity index (χ1v) is 8.39. The fourth-order valence-corrected chi connectivity index (χ4v) is 3.00. The van der Waals surface area contributed by atoms with Gasteiger partial charge in [-0.15, -0.1) is 0 Å². The van der Waals surface area contributed by atoms with Gasteiger partial charge < -0.3 is 15.7 Å². The second-order valence-electron chi connectivity index (χ2n) is 6.29. The number of carbonyl (C=O) groups is 1. The second-order valence-corrected chi connectivity index (χ2v) is 6.29. The Labute approximate surface area is 142 Å². The molecule has 7 heteroatoms. The number of carbonyl (C=O) groups excluding carboxylic acids is 1. The van der Waals surface area contributed by atoms with E-state index in [1.54, 1.807) is 10.9 Å². The molecular weight excluding hydrogens is 306 g/mol. The first-order valence-electron chi connectivity index (χ1n) is 8.39. The molecule has 2 heterocycles. The van der Waals surface area contributed by atoms with Crippen LogP contribution in [0.25, 0.3) is 11.0 Å². The molecule has 2 amide bonds. The van der Waals surface area contributed by atoms with Crippen LogP contribution >= 0.6 is 0 Å². The Bertz CT molecular complexity index is 706. The highest BCUT2D eigenvalue weighted by Crippen LogP contribution is 2.29. The monoisotopic (exact) mass is 333 g/mol. The minimum absolute atomic E-state index is 0.0613. The van der Waals surface area contributed by atoms with E-state index in [1.165, 1.54) is 0 Å². The number of aromatic nitrogens is 3. The molecule has 0 unspecified atom stereocenters. The summed E-state index contributed by atoms with van der Waals surface area (Å²) in [4.78, 5) is 16.5. The van der Waals surface area contributed by atoms with Crippen molar-refractivity contribution in [2.45, 2.75) is 40.0 Å². The molecule has 3 N–H and O–H groups in total. The minimum Gasteiger partial charge on any atom is -0.396 e. The number of nitrogens with zero attached hydrogens (tertiary/aromatic N) is 3. The third-order valence-electron chi connectivity index (χ3n) is 4.89. The molecule has 0 aliphatic carbocycles. The van der Waals surface area contributed by atoms with Crippen molar-refractivity contribution in [3.8, 4) is 0 Å². The number of fused-ring (bicyclic) bond motifs is 1. The zero-order valence-corrected chi connectivity index (χ0v) is 14.9. The van der Waals surface area contributed by atoms with E-state index < -0.39 is 0 Å². The van der Waals surface area contributed by atoms with Gasteiger partial charge in [0.1, 0.15) is 0 Å². The summed E-state index contributed by atoms with van der Waals surface area (Å²) in [6, 6.07) is 1.62. The highest BCUT2D eigenvalue weighted by Gasteiger charge is 2.26. The van der Waals surface area contributed by atoms with Crippen molar-refractivity contribution >= 4 is 22.8 Å². The molecule has 0 saturated heterocycles. The van der Waals surface area contributed by atoms with Crippen molar-refractivity contribution in [1.82, 2.24) is 20.1 Å². The normalized spacial score (nSPS) is 11.7. The van der Waals surface area contributed by atoms with E-state index in [9.17, 15) is 9.90 Å². The van der Waals surface area contributed by atoms with Crippen molar-refractivity contribution in [3.63, 3.8) is 0 Å². The smallest absolute Gasteiger partial charge is 0.319 e. The summed E-state index contributed by atoms with van der Waals surface area (Å²) >= 11 is 0. The highest BCUT2D eigenvalue weighted by atomic mass is 16.3. The van der Waals surface area contributed by atoms with Crippen LogP contribution in [0, 0.1) is 12.3 Å². The van der Waals surface area contributed by atoms with E-state index in [4.69, 9.17) is 0 Å². The average molecular weight is 333 g/mol. The number of anilines is 1. The van der Waals surface area contributed by atoms with Gasteiger partial charge in [-0.1, -0.05) is 13.8 Å². The predicted molar refractivity (Wildman–Crippen MR) is 95.0 cm³/mol. The van der Waals surface area contributed by atoms with Gasteiger partial charge >= 0.3 is 6.03 Å². The van der Waals surface area contributed by atoms with Gasteiger partial charge in [-0.2, -0.15) is 5.10 Å². The number of aliphatic hydroxyl groups excluding tert-OH is 1. The molecule has 0 spiro atoms. The van der Waals surface area contributed by atoms with E-state index in [0.29, 0.717) is 18.7 Å². The van der Waals surface area contributed by atoms with Crippen LogP contribution in [0.5, 0.6) is 0 Å². The lowest BCUT2D eigenvalue weighted by molar-refractivity contribution is 0.165. The van der Waals surface area contributed by atoms with Crippen molar-refractivity contribution in [3.05, 3.63) is 18.0 Å². The molecule has 0 radical (unpaired) electrons. The van der Waals surface area contributed by atoms with Crippen molar-refractivity contribution in [2.75, 3.05) is 18.5 Å². The van der Waals surface area contributed by atoms with E-state index in [1.807, 2.05) is 20.0 Å². The Morgan fingerprint density at radius 3 is 2.71 bits per heavy atom. The van der Waals surface area contributed by atoms with Crippen LogP contribution in [0.1, 0.15) is 38.8 Å². The summed E-state index contributed by atoms with van der Waals surface area (Å²) in [5.41, 5.74) is 2.24. The van der Waals surface area contributed by atoms with Crippen LogP contribution < -0.4 is 10.6 Å². The Morgan fingerprint density at radius 1 is 1.38 bits per heavy atom. The summed E-state index contributed by atoms with van der Waals surface area (Å²) < 4.78 is 1.72. The van der Waals surface area contributed by atoms with Gasteiger partial charge in [0.05, 0.1) is 17.6 Å². The number of aryl methyl sites for hydroxylation is 2. The lowest BCUT2D eigenvalue weighted by Gasteiger charge is -2.31. The predicted octanol–water partition coefficient (Wildman–Crippen LogP) is 2.59. The van der Waals surface area contributed by atoms with Gasteiger partial charge in [0.25, 0.3) is 0 Å². The van der Waals surface area contributed by atoms with Gasteiger partial charge in [-0.05, 0) is 37.7 Å². The molecule has 0 atom stereocenters. The maximum Gasteiger partial charge on any atom is 0.319 e. The van der Waals surface area contributed by atoms with E-state index in [-0.39, 0.29) is 18.1 Å². The van der Waals surface area contributed by atoms with Crippen LogP contribution in [0.3, 0.4) is 0 Å². The largest absolute Gasteiger partial charge is 0.396 e. The molecular formula is C17H27N5O2. The Kier molecular flexibility index (Phi) is 5.77. The molecule has 0 fully saturated rings. The van der Waals surface area contributed by atoms with Gasteiger partial charge in [-0.3, -0.25) is 4.68 Å². The number of aliphatic hydroxyl groups is 1. The number of amides is 2. The quantitative estimate of drug-likeness (QED) is 0.726. The molecule has 0 aromatic carbocycles. The Morgan fingerprint density at radius 2 is 2.08 bits per heavy atom. The van der Waals surface area contributed by atoms with E-state index in [0.717, 1.165) is 29.6 Å². The summed E-state index contributed by atoms with van der Waals surface area (Å²) in [6.45, 7) is 6.75. The lowest BCUT2D eigenvalue weighted by Crippen LogP contribution is -2.39. The number of pyridine rings is 1. The third-order valence-corrected chi connectivity index (χ3v) is 4.89. The molecule has 0 aliphatic heterocycles. The molecule has 0 bridgehead atoms. The fraction of sp³-hybridized carbons (Fsp3) is 0.588. The molecule has 132 valence electrons. The molecule has 7 nitrogen and oxygen atoms in total. The summed E-state index contributed by atoms with van der Waals surface area (Å²) in [5.74, 6) is 0.